The van der Waals surface area contributed by atoms with Crippen molar-refractivity contribution >= 4 is 22.5 Å². The van der Waals surface area contributed by atoms with Crippen molar-refractivity contribution in [3.05, 3.63) is 66.6 Å². The number of nitrogens with zero attached hydrogens (tertiary/aromatic N) is 4. The van der Waals surface area contributed by atoms with Crippen LogP contribution in [0.3, 0.4) is 0 Å². The van der Waals surface area contributed by atoms with E-state index in [1.54, 1.807) is 18.6 Å². The van der Waals surface area contributed by atoms with Gasteiger partial charge in [0.1, 0.15) is 17.5 Å². The summed E-state index contributed by atoms with van der Waals surface area (Å²) in [7, 11) is 0. The maximum atomic E-state index is 14.2. The first-order chi connectivity index (χ1) is 17.1. The number of piperidine rings is 1. The Bertz CT molecular complexity index is 1390. The Morgan fingerprint density at radius 3 is 2.66 bits per heavy atom. The average molecular weight is 475 g/mol. The van der Waals surface area contributed by atoms with Crippen LogP contribution in [0.1, 0.15) is 6.42 Å². The molecule has 9 heteroatoms. The number of anilines is 2. The molecular weight excluding hydrogens is 450 g/mol. The van der Waals surface area contributed by atoms with Gasteiger partial charge in [0.2, 0.25) is 0 Å². The molecule has 178 valence electrons. The van der Waals surface area contributed by atoms with Crippen molar-refractivity contribution in [3.8, 4) is 22.3 Å². The summed E-state index contributed by atoms with van der Waals surface area (Å²) in [5.74, 6) is -0.881. The molecule has 2 atom stereocenters. The lowest BCUT2D eigenvalue weighted by molar-refractivity contribution is -0.00896. The summed E-state index contributed by atoms with van der Waals surface area (Å²) in [6.07, 6.45) is 5.90. The molecule has 0 bridgehead atoms. The number of benzene rings is 1. The minimum Gasteiger partial charge on any atom is -0.383 e. The van der Waals surface area contributed by atoms with E-state index in [0.29, 0.717) is 35.7 Å². The molecule has 4 aromatic rings. The quantitative estimate of drug-likeness (QED) is 0.467. The minimum atomic E-state index is -0.639. The summed E-state index contributed by atoms with van der Waals surface area (Å²) in [4.78, 5) is 15.5. The Balaban J connectivity index is 1.55. The highest BCUT2D eigenvalue weighted by Gasteiger charge is 2.33. The van der Waals surface area contributed by atoms with E-state index in [0.717, 1.165) is 47.8 Å². The monoisotopic (exact) mass is 474 g/mol. The van der Waals surface area contributed by atoms with Crippen LogP contribution in [0.4, 0.5) is 20.3 Å². The molecule has 0 unspecified atom stereocenters. The second-order valence-electron chi connectivity index (χ2n) is 8.91. The maximum Gasteiger partial charge on any atom is 0.161 e. The average Bonchev–Trinajstić information content (AvgIpc) is 2.87. The highest BCUT2D eigenvalue weighted by molar-refractivity contribution is 6.00. The van der Waals surface area contributed by atoms with E-state index in [1.165, 1.54) is 12.1 Å². The molecule has 3 aromatic heterocycles. The Hall–Kier alpha value is -3.69. The highest BCUT2D eigenvalue weighted by Crippen LogP contribution is 2.40. The lowest BCUT2D eigenvalue weighted by Gasteiger charge is -2.43. The molecule has 3 N–H and O–H groups in total. The normalized spacial score (nSPS) is 20.1. The molecule has 2 aliphatic heterocycles. The smallest absolute Gasteiger partial charge is 0.161 e. The van der Waals surface area contributed by atoms with Crippen LogP contribution in [0.5, 0.6) is 0 Å². The fourth-order valence-corrected chi connectivity index (χ4v) is 5.11. The van der Waals surface area contributed by atoms with Crippen molar-refractivity contribution in [2.75, 3.05) is 36.9 Å². The lowest BCUT2D eigenvalue weighted by atomic mass is 9.96. The Kier molecular flexibility index (Phi) is 5.50. The molecule has 1 aromatic carbocycles. The number of nitrogen functional groups attached to an aromatic ring is 1. The largest absolute Gasteiger partial charge is 0.383 e. The predicted octanol–water partition coefficient (Wildman–Crippen LogP) is 3.79. The molecule has 0 amide bonds. The first-order valence-corrected chi connectivity index (χ1v) is 11.6. The highest BCUT2D eigenvalue weighted by atomic mass is 19.1. The molecule has 0 spiro atoms. The standard InChI is InChI=1S/C26H24F2N6O/c27-17-8-15(9-18(28)11-17)21-13-33-26-20(10-16(12-32-26)19-2-1-4-31-25(19)29)24(21)34-6-3-22-23(14-34)35-7-5-30-22/h1-2,4,8-13,22-23,30H,3,5-7,14H2,(H2,29,31)/t22-,23-/m1/s1. The van der Waals surface area contributed by atoms with Crippen LogP contribution in [0, 0.1) is 11.6 Å². The van der Waals surface area contributed by atoms with Crippen LogP contribution in [0.2, 0.25) is 0 Å². The number of pyridine rings is 3. The Labute approximate surface area is 201 Å². The molecule has 0 aliphatic carbocycles. The van der Waals surface area contributed by atoms with Gasteiger partial charge in [0, 0.05) is 72.4 Å². The van der Waals surface area contributed by atoms with Crippen LogP contribution < -0.4 is 16.0 Å². The third-order valence-corrected chi connectivity index (χ3v) is 6.73. The summed E-state index contributed by atoms with van der Waals surface area (Å²) in [6, 6.07) is 9.50. The number of morpholine rings is 1. The fraction of sp³-hybridized carbons (Fsp3) is 0.269. The number of rotatable bonds is 3. The lowest BCUT2D eigenvalue weighted by Crippen LogP contribution is -2.57. The van der Waals surface area contributed by atoms with E-state index >= 15 is 0 Å². The van der Waals surface area contributed by atoms with Crippen LogP contribution in [-0.4, -0.2) is 53.3 Å². The third-order valence-electron chi connectivity index (χ3n) is 6.73. The van der Waals surface area contributed by atoms with Gasteiger partial charge < -0.3 is 20.7 Å². The van der Waals surface area contributed by atoms with Gasteiger partial charge in [-0.05, 0) is 42.3 Å². The maximum absolute atomic E-state index is 14.2. The molecule has 0 radical (unpaired) electrons. The number of ether oxygens (including phenoxy) is 1. The first-order valence-electron chi connectivity index (χ1n) is 11.6. The van der Waals surface area contributed by atoms with Gasteiger partial charge >= 0.3 is 0 Å². The van der Waals surface area contributed by atoms with Crippen molar-refractivity contribution < 1.29 is 13.5 Å². The second-order valence-corrected chi connectivity index (χ2v) is 8.91. The molecule has 2 fully saturated rings. The molecule has 5 heterocycles. The van der Waals surface area contributed by atoms with Gasteiger partial charge in [0.05, 0.1) is 18.4 Å². The molecule has 7 nitrogen and oxygen atoms in total. The van der Waals surface area contributed by atoms with Gasteiger partial charge in [0.25, 0.3) is 0 Å². The topological polar surface area (TPSA) is 89.2 Å². The van der Waals surface area contributed by atoms with E-state index < -0.39 is 11.6 Å². The SMILES string of the molecule is Nc1ncccc1-c1cnc2ncc(-c3cc(F)cc(F)c3)c(N3CC[C@H]4NCCO[C@@H]4C3)c2c1. The zero-order chi connectivity index (χ0) is 23.9. The van der Waals surface area contributed by atoms with Crippen molar-refractivity contribution in [3.63, 3.8) is 0 Å². The van der Waals surface area contributed by atoms with Crippen molar-refractivity contribution in [1.29, 1.82) is 0 Å². The summed E-state index contributed by atoms with van der Waals surface area (Å²) in [5.41, 5.74) is 10.1. The molecule has 35 heavy (non-hydrogen) atoms. The zero-order valence-corrected chi connectivity index (χ0v) is 18.9. The number of hydrogen-bond acceptors (Lipinski definition) is 7. The fourth-order valence-electron chi connectivity index (χ4n) is 5.11. The van der Waals surface area contributed by atoms with Gasteiger partial charge in [-0.1, -0.05) is 0 Å². The van der Waals surface area contributed by atoms with Crippen LogP contribution >= 0.6 is 0 Å². The van der Waals surface area contributed by atoms with E-state index in [4.69, 9.17) is 10.5 Å². The van der Waals surface area contributed by atoms with Gasteiger partial charge in [-0.25, -0.2) is 23.7 Å². The third kappa shape index (κ3) is 4.06. The van der Waals surface area contributed by atoms with Crippen LogP contribution in [-0.2, 0) is 4.74 Å². The minimum absolute atomic E-state index is 0.0166. The number of hydrogen-bond donors (Lipinski definition) is 2. The summed E-state index contributed by atoms with van der Waals surface area (Å²) >= 11 is 0. The second kappa shape index (κ2) is 8.83. The van der Waals surface area contributed by atoms with Crippen molar-refractivity contribution in [2.45, 2.75) is 18.6 Å². The van der Waals surface area contributed by atoms with E-state index in [-0.39, 0.29) is 12.1 Å². The van der Waals surface area contributed by atoms with Crippen LogP contribution in [0.25, 0.3) is 33.3 Å². The van der Waals surface area contributed by atoms with Gasteiger partial charge in [-0.15, -0.1) is 0 Å². The summed E-state index contributed by atoms with van der Waals surface area (Å²) in [6.45, 7) is 2.88. The number of aromatic nitrogens is 3. The molecule has 2 saturated heterocycles. The summed E-state index contributed by atoms with van der Waals surface area (Å²) < 4.78 is 34.5. The number of halogens is 2. The number of nitrogens with two attached hydrogens (primary N) is 1. The first kappa shape index (κ1) is 21.8. The Morgan fingerprint density at radius 1 is 1.00 bits per heavy atom. The van der Waals surface area contributed by atoms with Crippen molar-refractivity contribution in [2.24, 2.45) is 0 Å². The molecule has 0 saturated carbocycles. The molecule has 6 rings (SSSR count). The summed E-state index contributed by atoms with van der Waals surface area (Å²) in [5, 5.41) is 4.31. The van der Waals surface area contributed by atoms with Gasteiger partial charge in [-0.2, -0.15) is 0 Å². The van der Waals surface area contributed by atoms with Gasteiger partial charge in [-0.3, -0.25) is 0 Å². The number of nitrogens with one attached hydrogen (secondary N) is 1. The van der Waals surface area contributed by atoms with E-state index in [1.807, 2.05) is 18.2 Å². The van der Waals surface area contributed by atoms with Gasteiger partial charge in [0.15, 0.2) is 5.65 Å². The molecule has 2 aliphatic rings. The van der Waals surface area contributed by atoms with E-state index in [2.05, 4.69) is 25.2 Å². The van der Waals surface area contributed by atoms with Crippen LogP contribution in [0.15, 0.2) is 55.0 Å². The molecular formula is C26H24F2N6O. The Morgan fingerprint density at radius 2 is 1.83 bits per heavy atom. The van der Waals surface area contributed by atoms with E-state index in [9.17, 15) is 8.78 Å². The zero-order valence-electron chi connectivity index (χ0n) is 18.9. The van der Waals surface area contributed by atoms with Crippen molar-refractivity contribution in [1.82, 2.24) is 20.3 Å². The predicted molar refractivity (Wildman–Crippen MR) is 131 cm³/mol. The number of fused-ring (bicyclic) bond motifs is 2.